The summed E-state index contributed by atoms with van der Waals surface area (Å²) in [6, 6.07) is 0. The van der Waals surface area contributed by atoms with Crippen LogP contribution >= 0.6 is 11.8 Å². The first kappa shape index (κ1) is 13.9. The molecule has 0 aliphatic heterocycles. The Morgan fingerprint density at radius 2 is 1.94 bits per heavy atom. The molecule has 0 saturated heterocycles. The van der Waals surface area contributed by atoms with Crippen LogP contribution in [0.3, 0.4) is 0 Å². The van der Waals surface area contributed by atoms with Crippen molar-refractivity contribution in [2.24, 2.45) is 0 Å². The predicted octanol–water partition coefficient (Wildman–Crippen LogP) is 2.44. The highest BCUT2D eigenvalue weighted by Crippen LogP contribution is 2.23. The lowest BCUT2D eigenvalue weighted by Crippen LogP contribution is -2.09. The zero-order valence-electron chi connectivity index (χ0n) is 9.70. The Bertz CT molecular complexity index is 350. The molecule has 2 N–H and O–H groups in total. The van der Waals surface area contributed by atoms with Crippen LogP contribution in [0.2, 0.25) is 0 Å². The molecular weight excluding hydrogens is 248 g/mol. The van der Waals surface area contributed by atoms with Crippen molar-refractivity contribution in [3.63, 3.8) is 0 Å². The summed E-state index contributed by atoms with van der Waals surface area (Å²) in [7, 11) is 1.63. The van der Waals surface area contributed by atoms with Crippen LogP contribution in [0.1, 0.15) is 19.8 Å². The Balaban J connectivity index is 2.74. The summed E-state index contributed by atoms with van der Waals surface area (Å²) in [6.45, 7) is 2.77. The molecular formula is C9H15F2N5S. The van der Waals surface area contributed by atoms with Crippen molar-refractivity contribution in [1.29, 1.82) is 0 Å². The molecule has 0 fully saturated rings. The fourth-order valence-electron chi connectivity index (χ4n) is 1.06. The summed E-state index contributed by atoms with van der Waals surface area (Å²) in [6.07, 6.45) is 2.01. The summed E-state index contributed by atoms with van der Waals surface area (Å²) in [5.74, 6) is -1.94. The number of rotatable bonds is 7. The van der Waals surface area contributed by atoms with Crippen molar-refractivity contribution in [1.82, 2.24) is 15.0 Å². The zero-order valence-corrected chi connectivity index (χ0v) is 10.5. The molecule has 0 bridgehead atoms. The minimum Gasteiger partial charge on any atom is -0.357 e. The summed E-state index contributed by atoms with van der Waals surface area (Å²) < 4.78 is 24.4. The van der Waals surface area contributed by atoms with Gasteiger partial charge in [-0.15, -0.1) is 0 Å². The molecule has 17 heavy (non-hydrogen) atoms. The van der Waals surface area contributed by atoms with E-state index >= 15 is 0 Å². The van der Waals surface area contributed by atoms with E-state index in [9.17, 15) is 8.78 Å². The molecule has 0 aliphatic rings. The standard InChI is InChI=1S/C9H15F2N5S/c1-3-4-5-13-8-14-7(12-2)15-9(16-8)17-6(10)11/h6H,3-5H2,1-2H3,(H2,12,13,14,15,16). The Hall–Kier alpha value is -1.18. The maximum Gasteiger partial charge on any atom is 0.291 e. The summed E-state index contributed by atoms with van der Waals surface area (Å²) >= 11 is 0.306. The second-order valence-electron chi connectivity index (χ2n) is 3.17. The topological polar surface area (TPSA) is 62.7 Å². The number of hydrogen-bond acceptors (Lipinski definition) is 6. The molecule has 5 nitrogen and oxygen atoms in total. The molecule has 0 amide bonds. The van der Waals surface area contributed by atoms with Crippen molar-refractivity contribution < 1.29 is 8.78 Å². The molecule has 1 heterocycles. The van der Waals surface area contributed by atoms with Gasteiger partial charge in [-0.3, -0.25) is 0 Å². The molecule has 0 aliphatic carbocycles. The van der Waals surface area contributed by atoms with Gasteiger partial charge in [-0.25, -0.2) is 0 Å². The van der Waals surface area contributed by atoms with Crippen LogP contribution in [0.4, 0.5) is 20.7 Å². The molecule has 1 aromatic rings. The number of unbranched alkanes of at least 4 members (excludes halogenated alkanes) is 1. The Labute approximate surface area is 103 Å². The van der Waals surface area contributed by atoms with Crippen LogP contribution in [0, 0.1) is 0 Å². The maximum absolute atomic E-state index is 12.2. The number of halogens is 2. The lowest BCUT2D eigenvalue weighted by atomic mass is 10.3. The average Bonchev–Trinajstić information content (AvgIpc) is 2.28. The lowest BCUT2D eigenvalue weighted by molar-refractivity contribution is 0.251. The van der Waals surface area contributed by atoms with Crippen molar-refractivity contribution in [2.45, 2.75) is 30.7 Å². The highest BCUT2D eigenvalue weighted by Gasteiger charge is 2.11. The maximum atomic E-state index is 12.2. The average molecular weight is 263 g/mol. The van der Waals surface area contributed by atoms with Crippen molar-refractivity contribution in [3.05, 3.63) is 0 Å². The molecule has 96 valence electrons. The van der Waals surface area contributed by atoms with E-state index in [1.807, 2.05) is 0 Å². The minimum absolute atomic E-state index is 0.0124. The fourth-order valence-corrected chi connectivity index (χ4v) is 1.49. The highest BCUT2D eigenvalue weighted by atomic mass is 32.2. The van der Waals surface area contributed by atoms with Crippen LogP contribution in [0.5, 0.6) is 0 Å². The second kappa shape index (κ2) is 7.21. The minimum atomic E-state index is -2.54. The predicted molar refractivity (Wildman–Crippen MR) is 64.6 cm³/mol. The van der Waals surface area contributed by atoms with Gasteiger partial charge in [0.25, 0.3) is 5.76 Å². The third kappa shape index (κ3) is 5.12. The monoisotopic (exact) mass is 263 g/mol. The smallest absolute Gasteiger partial charge is 0.291 e. The SMILES string of the molecule is CCCCNc1nc(NC)nc(SC(F)F)n1. The van der Waals surface area contributed by atoms with Gasteiger partial charge < -0.3 is 10.6 Å². The van der Waals surface area contributed by atoms with E-state index < -0.39 is 5.76 Å². The molecule has 0 spiro atoms. The number of nitrogens with zero attached hydrogens (tertiary/aromatic N) is 3. The first-order chi connectivity index (χ1) is 8.15. The van der Waals surface area contributed by atoms with Crippen molar-refractivity contribution in [3.8, 4) is 0 Å². The highest BCUT2D eigenvalue weighted by molar-refractivity contribution is 7.99. The van der Waals surface area contributed by atoms with E-state index in [0.29, 0.717) is 24.3 Å². The van der Waals surface area contributed by atoms with E-state index in [4.69, 9.17) is 0 Å². The number of anilines is 2. The Morgan fingerprint density at radius 3 is 2.53 bits per heavy atom. The number of hydrogen-bond donors (Lipinski definition) is 2. The van der Waals surface area contributed by atoms with E-state index in [1.165, 1.54) is 0 Å². The Kier molecular flexibility index (Phi) is 5.88. The number of alkyl halides is 2. The summed E-state index contributed by atoms with van der Waals surface area (Å²) in [5.41, 5.74) is 0. The van der Waals surface area contributed by atoms with Gasteiger partial charge in [0, 0.05) is 13.6 Å². The van der Waals surface area contributed by atoms with Crippen LogP contribution in [-0.4, -0.2) is 34.3 Å². The van der Waals surface area contributed by atoms with Gasteiger partial charge in [0.05, 0.1) is 0 Å². The fraction of sp³-hybridized carbons (Fsp3) is 0.667. The van der Waals surface area contributed by atoms with Crippen LogP contribution in [0.15, 0.2) is 5.16 Å². The third-order valence-corrected chi connectivity index (χ3v) is 2.42. The van der Waals surface area contributed by atoms with Gasteiger partial charge in [-0.2, -0.15) is 23.7 Å². The van der Waals surface area contributed by atoms with Gasteiger partial charge >= 0.3 is 0 Å². The summed E-state index contributed by atoms with van der Waals surface area (Å²) in [4.78, 5) is 11.8. The van der Waals surface area contributed by atoms with Crippen molar-refractivity contribution in [2.75, 3.05) is 24.2 Å². The summed E-state index contributed by atoms with van der Waals surface area (Å²) in [5, 5.41) is 5.70. The van der Waals surface area contributed by atoms with E-state index in [1.54, 1.807) is 7.05 Å². The van der Waals surface area contributed by atoms with Gasteiger partial charge in [-0.1, -0.05) is 13.3 Å². The number of nitrogens with one attached hydrogen (secondary N) is 2. The molecule has 0 radical (unpaired) electrons. The van der Waals surface area contributed by atoms with Gasteiger partial charge in [-0.05, 0) is 18.2 Å². The molecule has 8 heteroatoms. The van der Waals surface area contributed by atoms with Crippen LogP contribution in [0.25, 0.3) is 0 Å². The van der Waals surface area contributed by atoms with E-state index in [2.05, 4.69) is 32.5 Å². The third-order valence-electron chi connectivity index (χ3n) is 1.85. The van der Waals surface area contributed by atoms with Gasteiger partial charge in [0.1, 0.15) is 0 Å². The molecule has 1 aromatic heterocycles. The van der Waals surface area contributed by atoms with Crippen LogP contribution < -0.4 is 10.6 Å². The first-order valence-electron chi connectivity index (χ1n) is 5.28. The number of aromatic nitrogens is 3. The van der Waals surface area contributed by atoms with E-state index in [-0.39, 0.29) is 11.1 Å². The van der Waals surface area contributed by atoms with Gasteiger partial charge in [0.15, 0.2) is 5.16 Å². The molecule has 1 rings (SSSR count). The van der Waals surface area contributed by atoms with Crippen LogP contribution in [-0.2, 0) is 0 Å². The second-order valence-corrected chi connectivity index (χ2v) is 4.13. The molecule has 0 aromatic carbocycles. The van der Waals surface area contributed by atoms with E-state index in [0.717, 1.165) is 12.8 Å². The molecule has 0 unspecified atom stereocenters. The zero-order chi connectivity index (χ0) is 12.7. The molecule has 0 saturated carbocycles. The lowest BCUT2D eigenvalue weighted by Gasteiger charge is -2.07. The Morgan fingerprint density at radius 1 is 1.24 bits per heavy atom. The quantitative estimate of drug-likeness (QED) is 0.582. The largest absolute Gasteiger partial charge is 0.357 e. The van der Waals surface area contributed by atoms with Gasteiger partial charge in [0.2, 0.25) is 11.9 Å². The number of thioether (sulfide) groups is 1. The molecule has 0 atom stereocenters. The normalized spacial score (nSPS) is 10.6. The first-order valence-corrected chi connectivity index (χ1v) is 6.16. The van der Waals surface area contributed by atoms with Crippen molar-refractivity contribution >= 4 is 23.7 Å².